The van der Waals surface area contributed by atoms with Gasteiger partial charge in [-0.05, 0) is 56.0 Å². The van der Waals surface area contributed by atoms with Crippen molar-refractivity contribution in [2.24, 2.45) is 11.7 Å². The Bertz CT molecular complexity index is 508. The van der Waals surface area contributed by atoms with Crippen molar-refractivity contribution < 1.29 is 14.7 Å². The zero-order valence-electron chi connectivity index (χ0n) is 12.1. The van der Waals surface area contributed by atoms with Crippen molar-refractivity contribution in [2.75, 3.05) is 13.1 Å². The fourth-order valence-electron chi connectivity index (χ4n) is 2.84. The summed E-state index contributed by atoms with van der Waals surface area (Å²) in [6, 6.07) is 7.43. The van der Waals surface area contributed by atoms with Gasteiger partial charge in [0.05, 0.1) is 0 Å². The molecule has 1 saturated heterocycles. The first-order valence-corrected chi connectivity index (χ1v) is 7.37. The third-order valence-electron chi connectivity index (χ3n) is 4.09. The zero-order chi connectivity index (χ0) is 15.2. The summed E-state index contributed by atoms with van der Waals surface area (Å²) >= 11 is 0. The molecule has 5 nitrogen and oxygen atoms in total. The number of carbonyl (C=O) groups is 2. The number of rotatable bonds is 6. The molecule has 0 spiro atoms. The summed E-state index contributed by atoms with van der Waals surface area (Å²) in [5.74, 6) is -0.584. The number of carbonyl (C=O) groups excluding carboxylic acids is 1. The Morgan fingerprint density at radius 2 is 2.00 bits per heavy atom. The molecule has 0 saturated carbocycles. The number of carboxylic acids is 1. The van der Waals surface area contributed by atoms with Gasteiger partial charge in [-0.1, -0.05) is 12.1 Å². The minimum atomic E-state index is -0.708. The van der Waals surface area contributed by atoms with Gasteiger partial charge in [0.2, 0.25) is 5.91 Å². The van der Waals surface area contributed by atoms with Gasteiger partial charge < -0.3 is 10.8 Å². The predicted molar refractivity (Wildman–Crippen MR) is 79.8 cm³/mol. The monoisotopic (exact) mass is 290 g/mol. The lowest BCUT2D eigenvalue weighted by Gasteiger charge is -2.31. The second kappa shape index (κ2) is 7.22. The van der Waals surface area contributed by atoms with Crippen LogP contribution in [-0.2, 0) is 11.3 Å². The minimum absolute atomic E-state index is 0.269. The highest BCUT2D eigenvalue weighted by Gasteiger charge is 2.20. The third kappa shape index (κ3) is 4.86. The molecule has 1 aliphatic rings. The third-order valence-corrected chi connectivity index (χ3v) is 4.09. The molecule has 21 heavy (non-hydrogen) atoms. The van der Waals surface area contributed by atoms with E-state index in [1.54, 1.807) is 6.07 Å². The molecule has 0 aliphatic carbocycles. The average molecular weight is 290 g/mol. The molecule has 0 radical (unpaired) electrons. The van der Waals surface area contributed by atoms with E-state index in [2.05, 4.69) is 4.90 Å². The summed E-state index contributed by atoms with van der Waals surface area (Å²) in [5, 5.41) is 8.71. The average Bonchev–Trinajstić information content (AvgIpc) is 2.47. The van der Waals surface area contributed by atoms with Crippen LogP contribution in [0.15, 0.2) is 24.3 Å². The van der Waals surface area contributed by atoms with Crippen LogP contribution < -0.4 is 5.73 Å². The number of piperidine rings is 1. The molecule has 0 bridgehead atoms. The van der Waals surface area contributed by atoms with Gasteiger partial charge >= 0.3 is 5.97 Å². The van der Waals surface area contributed by atoms with Gasteiger partial charge in [-0.25, -0.2) is 0 Å². The van der Waals surface area contributed by atoms with E-state index in [-0.39, 0.29) is 6.42 Å². The minimum Gasteiger partial charge on any atom is -0.481 e. The van der Waals surface area contributed by atoms with Crippen molar-refractivity contribution in [2.45, 2.75) is 32.2 Å². The fourth-order valence-corrected chi connectivity index (χ4v) is 2.84. The summed E-state index contributed by atoms with van der Waals surface area (Å²) in [6.07, 6.45) is 3.14. The molecule has 1 fully saturated rings. The van der Waals surface area contributed by atoms with Crippen molar-refractivity contribution >= 4 is 11.9 Å². The number of carboxylic acid groups (broad SMARTS) is 1. The number of amides is 1. The van der Waals surface area contributed by atoms with E-state index in [0.29, 0.717) is 11.5 Å². The van der Waals surface area contributed by atoms with Crippen molar-refractivity contribution in [3.8, 4) is 0 Å². The van der Waals surface area contributed by atoms with Crippen LogP contribution in [-0.4, -0.2) is 35.0 Å². The van der Waals surface area contributed by atoms with E-state index in [0.717, 1.165) is 44.5 Å². The Morgan fingerprint density at radius 1 is 1.29 bits per heavy atom. The second-order valence-corrected chi connectivity index (χ2v) is 5.72. The molecule has 0 atom stereocenters. The number of primary amides is 1. The van der Waals surface area contributed by atoms with Crippen LogP contribution in [0.25, 0.3) is 0 Å². The lowest BCUT2D eigenvalue weighted by atomic mass is 9.92. The number of nitrogens with zero attached hydrogens (tertiary/aromatic N) is 1. The summed E-state index contributed by atoms with van der Waals surface area (Å²) in [5.41, 5.74) is 6.93. The first-order chi connectivity index (χ1) is 10.0. The summed E-state index contributed by atoms with van der Waals surface area (Å²) in [4.78, 5) is 24.1. The van der Waals surface area contributed by atoms with Crippen LogP contribution in [0.3, 0.4) is 0 Å². The number of hydrogen-bond acceptors (Lipinski definition) is 3. The Labute approximate surface area is 124 Å². The van der Waals surface area contributed by atoms with Crippen molar-refractivity contribution in [3.05, 3.63) is 35.4 Å². The Kier molecular flexibility index (Phi) is 5.33. The first kappa shape index (κ1) is 15.5. The van der Waals surface area contributed by atoms with Gasteiger partial charge in [0, 0.05) is 18.5 Å². The molecular weight excluding hydrogens is 268 g/mol. The van der Waals surface area contributed by atoms with Crippen LogP contribution in [0.1, 0.15) is 41.6 Å². The Balaban J connectivity index is 1.82. The molecule has 2 rings (SSSR count). The molecule has 1 amide bonds. The van der Waals surface area contributed by atoms with Crippen LogP contribution >= 0.6 is 0 Å². The quantitative estimate of drug-likeness (QED) is 0.837. The Morgan fingerprint density at radius 3 is 2.62 bits per heavy atom. The van der Waals surface area contributed by atoms with E-state index in [4.69, 9.17) is 10.8 Å². The topological polar surface area (TPSA) is 83.6 Å². The smallest absolute Gasteiger partial charge is 0.303 e. The molecule has 1 aromatic carbocycles. The predicted octanol–water partition coefficient (Wildman–Crippen LogP) is 1.86. The molecule has 0 aromatic heterocycles. The van der Waals surface area contributed by atoms with Crippen LogP contribution in [0.5, 0.6) is 0 Å². The summed E-state index contributed by atoms with van der Waals surface area (Å²) in [7, 11) is 0. The number of nitrogens with two attached hydrogens (primary N) is 1. The van der Waals surface area contributed by atoms with E-state index in [1.165, 1.54) is 0 Å². The summed E-state index contributed by atoms with van der Waals surface area (Å²) < 4.78 is 0. The van der Waals surface area contributed by atoms with Gasteiger partial charge in [0.1, 0.15) is 0 Å². The molecular formula is C16H22N2O3. The van der Waals surface area contributed by atoms with E-state index < -0.39 is 11.9 Å². The lowest BCUT2D eigenvalue weighted by molar-refractivity contribution is -0.137. The molecule has 1 heterocycles. The standard InChI is InChI=1S/C16H22N2O3/c17-16(21)14-3-1-2-13(10-14)11-18-8-6-12(7-9-18)4-5-15(19)20/h1-3,10,12H,4-9,11H2,(H2,17,21)(H,19,20). The Hall–Kier alpha value is -1.88. The lowest BCUT2D eigenvalue weighted by Crippen LogP contribution is -2.33. The van der Waals surface area contributed by atoms with Crippen molar-refractivity contribution in [3.63, 3.8) is 0 Å². The molecule has 3 N–H and O–H groups in total. The molecule has 1 aromatic rings. The molecule has 1 aliphatic heterocycles. The number of hydrogen-bond donors (Lipinski definition) is 2. The van der Waals surface area contributed by atoms with Gasteiger partial charge in [-0.3, -0.25) is 14.5 Å². The first-order valence-electron chi connectivity index (χ1n) is 7.37. The number of aliphatic carboxylic acids is 1. The van der Waals surface area contributed by atoms with Crippen LogP contribution in [0.4, 0.5) is 0 Å². The zero-order valence-corrected chi connectivity index (χ0v) is 12.1. The van der Waals surface area contributed by atoms with E-state index >= 15 is 0 Å². The SMILES string of the molecule is NC(=O)c1cccc(CN2CCC(CCC(=O)O)CC2)c1. The van der Waals surface area contributed by atoms with Gasteiger partial charge in [-0.15, -0.1) is 0 Å². The van der Waals surface area contributed by atoms with Crippen molar-refractivity contribution in [1.29, 1.82) is 0 Å². The van der Waals surface area contributed by atoms with Gasteiger partial charge in [-0.2, -0.15) is 0 Å². The van der Waals surface area contributed by atoms with Crippen molar-refractivity contribution in [1.82, 2.24) is 4.90 Å². The highest BCUT2D eigenvalue weighted by molar-refractivity contribution is 5.92. The molecule has 0 unspecified atom stereocenters. The molecule has 5 heteroatoms. The van der Waals surface area contributed by atoms with Crippen LogP contribution in [0, 0.1) is 5.92 Å². The van der Waals surface area contributed by atoms with E-state index in [1.807, 2.05) is 18.2 Å². The fraction of sp³-hybridized carbons (Fsp3) is 0.500. The van der Waals surface area contributed by atoms with E-state index in [9.17, 15) is 9.59 Å². The highest BCUT2D eigenvalue weighted by atomic mass is 16.4. The maximum atomic E-state index is 11.2. The second-order valence-electron chi connectivity index (χ2n) is 5.72. The van der Waals surface area contributed by atoms with Gasteiger partial charge in [0.25, 0.3) is 0 Å². The van der Waals surface area contributed by atoms with Crippen LogP contribution in [0.2, 0.25) is 0 Å². The highest BCUT2D eigenvalue weighted by Crippen LogP contribution is 2.23. The summed E-state index contributed by atoms with van der Waals surface area (Å²) in [6.45, 7) is 2.77. The number of benzene rings is 1. The maximum Gasteiger partial charge on any atom is 0.303 e. The number of likely N-dealkylation sites (tertiary alicyclic amines) is 1. The normalized spacial score (nSPS) is 16.8. The van der Waals surface area contributed by atoms with Gasteiger partial charge in [0.15, 0.2) is 0 Å². The maximum absolute atomic E-state index is 11.2. The largest absolute Gasteiger partial charge is 0.481 e. The molecule has 114 valence electrons.